The zero-order valence-corrected chi connectivity index (χ0v) is 15.7. The van der Waals surface area contributed by atoms with E-state index in [9.17, 15) is 4.79 Å². The minimum atomic E-state index is -0.283. The molecule has 144 valence electrons. The van der Waals surface area contributed by atoms with Crippen molar-refractivity contribution in [1.29, 1.82) is 0 Å². The number of aryl methyl sites for hydroxylation is 1. The summed E-state index contributed by atoms with van der Waals surface area (Å²) in [6, 6.07) is 18.4. The van der Waals surface area contributed by atoms with E-state index >= 15 is 0 Å². The highest BCUT2D eigenvalue weighted by Gasteiger charge is 2.15. The summed E-state index contributed by atoms with van der Waals surface area (Å²) in [6.45, 7) is 1.82. The van der Waals surface area contributed by atoms with Gasteiger partial charge in [-0.1, -0.05) is 35.5 Å². The number of amides is 1. The molecule has 1 amide bonds. The van der Waals surface area contributed by atoms with E-state index in [1.54, 1.807) is 30.6 Å². The fraction of sp³-hybridized carbons (Fsp3) is 0.0909. The number of ether oxygens (including phenoxy) is 1. The smallest absolute Gasteiger partial charge is 0.262 e. The van der Waals surface area contributed by atoms with Gasteiger partial charge in [-0.15, -0.1) is 0 Å². The third-order valence-electron chi connectivity index (χ3n) is 4.25. The minimum Gasteiger partial charge on any atom is -0.483 e. The Hall–Kier alpha value is -4.00. The number of para-hydroxylation sites is 2. The fourth-order valence-electron chi connectivity index (χ4n) is 2.78. The molecule has 0 fully saturated rings. The topological polar surface area (TPSA) is 90.1 Å². The standard InChI is InChI=1S/C22H18N4O3/c1-15-6-2-5-9-19(15)28-14-20(27)24-18-8-4-3-7-17(18)22-25-21(26-29-22)16-10-12-23-13-11-16/h2-13H,14H2,1H3,(H,24,27). The Morgan fingerprint density at radius 1 is 1.03 bits per heavy atom. The van der Waals surface area contributed by atoms with Crippen molar-refractivity contribution in [3.05, 3.63) is 78.6 Å². The second-order valence-corrected chi connectivity index (χ2v) is 6.31. The molecule has 0 unspecified atom stereocenters. The van der Waals surface area contributed by atoms with Gasteiger partial charge < -0.3 is 14.6 Å². The van der Waals surface area contributed by atoms with E-state index in [1.807, 2.05) is 49.4 Å². The summed E-state index contributed by atoms with van der Waals surface area (Å²) < 4.78 is 11.0. The molecule has 7 nitrogen and oxygen atoms in total. The normalized spacial score (nSPS) is 10.5. The van der Waals surface area contributed by atoms with Crippen LogP contribution >= 0.6 is 0 Å². The van der Waals surface area contributed by atoms with Gasteiger partial charge in [-0.05, 0) is 42.8 Å². The van der Waals surface area contributed by atoms with Gasteiger partial charge in [0.05, 0.1) is 11.3 Å². The Morgan fingerprint density at radius 2 is 1.79 bits per heavy atom. The number of nitrogens with one attached hydrogen (secondary N) is 1. The van der Waals surface area contributed by atoms with E-state index in [0.29, 0.717) is 28.7 Å². The lowest BCUT2D eigenvalue weighted by Crippen LogP contribution is -2.20. The fourth-order valence-corrected chi connectivity index (χ4v) is 2.78. The first kappa shape index (κ1) is 18.4. The van der Waals surface area contributed by atoms with Crippen LogP contribution < -0.4 is 10.1 Å². The number of hydrogen-bond acceptors (Lipinski definition) is 6. The summed E-state index contributed by atoms with van der Waals surface area (Å²) in [7, 11) is 0. The molecule has 2 aromatic carbocycles. The predicted molar refractivity (Wildman–Crippen MR) is 108 cm³/mol. The highest BCUT2D eigenvalue weighted by atomic mass is 16.5. The molecule has 0 aliphatic heterocycles. The monoisotopic (exact) mass is 386 g/mol. The van der Waals surface area contributed by atoms with E-state index in [2.05, 4.69) is 20.4 Å². The van der Waals surface area contributed by atoms with Crippen molar-refractivity contribution in [2.75, 3.05) is 11.9 Å². The minimum absolute atomic E-state index is 0.106. The van der Waals surface area contributed by atoms with Gasteiger partial charge in [-0.3, -0.25) is 9.78 Å². The average Bonchev–Trinajstić information content (AvgIpc) is 3.24. The molecule has 0 saturated carbocycles. The lowest BCUT2D eigenvalue weighted by molar-refractivity contribution is -0.118. The van der Waals surface area contributed by atoms with Crippen molar-refractivity contribution >= 4 is 11.6 Å². The molecule has 0 saturated heterocycles. The molecule has 29 heavy (non-hydrogen) atoms. The Labute approximate surface area is 167 Å². The molecule has 0 aliphatic rings. The first-order valence-electron chi connectivity index (χ1n) is 9.02. The Bertz CT molecular complexity index is 1130. The molecule has 0 radical (unpaired) electrons. The summed E-state index contributed by atoms with van der Waals surface area (Å²) in [4.78, 5) is 20.8. The molecule has 0 spiro atoms. The van der Waals surface area contributed by atoms with Crippen molar-refractivity contribution in [3.63, 3.8) is 0 Å². The molecule has 2 heterocycles. The maximum absolute atomic E-state index is 12.4. The van der Waals surface area contributed by atoms with E-state index < -0.39 is 0 Å². The number of anilines is 1. The van der Waals surface area contributed by atoms with Gasteiger partial charge >= 0.3 is 0 Å². The highest BCUT2D eigenvalue weighted by Crippen LogP contribution is 2.28. The average molecular weight is 386 g/mol. The summed E-state index contributed by atoms with van der Waals surface area (Å²) in [5.74, 6) is 1.16. The van der Waals surface area contributed by atoms with E-state index in [1.165, 1.54) is 0 Å². The highest BCUT2D eigenvalue weighted by molar-refractivity contribution is 5.95. The first-order chi connectivity index (χ1) is 14.2. The number of benzene rings is 2. The van der Waals surface area contributed by atoms with Crippen LogP contribution in [0.2, 0.25) is 0 Å². The molecule has 0 atom stereocenters. The molecule has 2 aromatic heterocycles. The van der Waals surface area contributed by atoms with Crippen LogP contribution in [0.5, 0.6) is 5.75 Å². The number of nitrogens with zero attached hydrogens (tertiary/aromatic N) is 3. The molecule has 0 aliphatic carbocycles. The Balaban J connectivity index is 1.49. The van der Waals surface area contributed by atoms with Crippen LogP contribution in [0.1, 0.15) is 5.56 Å². The molecule has 0 bridgehead atoms. The zero-order valence-electron chi connectivity index (χ0n) is 15.7. The maximum atomic E-state index is 12.4. The van der Waals surface area contributed by atoms with Crippen LogP contribution in [-0.4, -0.2) is 27.6 Å². The second-order valence-electron chi connectivity index (χ2n) is 6.31. The van der Waals surface area contributed by atoms with Crippen LogP contribution in [0.3, 0.4) is 0 Å². The third kappa shape index (κ3) is 4.30. The summed E-state index contributed by atoms with van der Waals surface area (Å²) in [5, 5.41) is 6.86. The van der Waals surface area contributed by atoms with Gasteiger partial charge in [0.1, 0.15) is 5.75 Å². The molecule has 4 aromatic rings. The largest absolute Gasteiger partial charge is 0.483 e. The predicted octanol–water partition coefficient (Wildman–Crippen LogP) is 4.12. The van der Waals surface area contributed by atoms with Crippen LogP contribution in [-0.2, 0) is 4.79 Å². The van der Waals surface area contributed by atoms with Gasteiger partial charge in [0.25, 0.3) is 11.8 Å². The molecule has 7 heteroatoms. The third-order valence-corrected chi connectivity index (χ3v) is 4.25. The van der Waals surface area contributed by atoms with Crippen molar-refractivity contribution < 1.29 is 14.1 Å². The lowest BCUT2D eigenvalue weighted by Gasteiger charge is -2.11. The molecule has 1 N–H and O–H groups in total. The summed E-state index contributed by atoms with van der Waals surface area (Å²) in [6.07, 6.45) is 3.32. The number of carbonyl (C=O) groups excluding carboxylic acids is 1. The van der Waals surface area contributed by atoms with Gasteiger partial charge in [0.15, 0.2) is 6.61 Å². The van der Waals surface area contributed by atoms with Crippen LogP contribution in [0.25, 0.3) is 22.8 Å². The van der Waals surface area contributed by atoms with Crippen LogP contribution in [0, 0.1) is 6.92 Å². The number of carbonyl (C=O) groups is 1. The zero-order chi connectivity index (χ0) is 20.1. The van der Waals surface area contributed by atoms with Crippen LogP contribution in [0.15, 0.2) is 77.6 Å². The number of aromatic nitrogens is 3. The van der Waals surface area contributed by atoms with Crippen molar-refractivity contribution in [2.45, 2.75) is 6.92 Å². The van der Waals surface area contributed by atoms with Crippen molar-refractivity contribution in [2.24, 2.45) is 0 Å². The SMILES string of the molecule is Cc1ccccc1OCC(=O)Nc1ccccc1-c1nc(-c2ccncc2)no1. The van der Waals surface area contributed by atoms with Gasteiger partial charge in [-0.2, -0.15) is 4.98 Å². The summed E-state index contributed by atoms with van der Waals surface area (Å²) in [5.41, 5.74) is 2.96. The Kier molecular flexibility index (Phi) is 5.29. The lowest BCUT2D eigenvalue weighted by atomic mass is 10.1. The van der Waals surface area contributed by atoms with Crippen molar-refractivity contribution in [1.82, 2.24) is 15.1 Å². The van der Waals surface area contributed by atoms with Crippen LogP contribution in [0.4, 0.5) is 5.69 Å². The molecule has 4 rings (SSSR count). The maximum Gasteiger partial charge on any atom is 0.262 e. The quantitative estimate of drug-likeness (QED) is 0.536. The number of hydrogen-bond donors (Lipinski definition) is 1. The summed E-state index contributed by atoms with van der Waals surface area (Å²) >= 11 is 0. The number of pyridine rings is 1. The van der Waals surface area contributed by atoms with Crippen molar-refractivity contribution in [3.8, 4) is 28.6 Å². The second kappa shape index (κ2) is 8.35. The van der Waals surface area contributed by atoms with Gasteiger partial charge in [0.2, 0.25) is 5.82 Å². The van der Waals surface area contributed by atoms with E-state index in [-0.39, 0.29) is 12.5 Å². The molecular weight excluding hydrogens is 368 g/mol. The Morgan fingerprint density at radius 3 is 2.62 bits per heavy atom. The van der Waals surface area contributed by atoms with E-state index in [0.717, 1.165) is 11.1 Å². The van der Waals surface area contributed by atoms with Gasteiger partial charge in [0, 0.05) is 18.0 Å². The molecular formula is C22H18N4O3. The van der Waals surface area contributed by atoms with E-state index in [4.69, 9.17) is 9.26 Å². The first-order valence-corrected chi connectivity index (χ1v) is 9.02. The number of rotatable bonds is 6. The van der Waals surface area contributed by atoms with Gasteiger partial charge in [-0.25, -0.2) is 0 Å².